The van der Waals surface area contributed by atoms with E-state index in [1.807, 2.05) is 13.8 Å². The number of H-pyrrole nitrogens is 1. The number of aromatic amines is 1. The lowest BCUT2D eigenvalue weighted by molar-refractivity contribution is -0.137. The molecule has 1 saturated carbocycles. The van der Waals surface area contributed by atoms with Crippen LogP contribution >= 0.6 is 0 Å². The van der Waals surface area contributed by atoms with Crippen LogP contribution in [-0.2, 0) is 11.6 Å². The Morgan fingerprint density at radius 2 is 1.92 bits per heavy atom. The van der Waals surface area contributed by atoms with Gasteiger partial charge in [0.05, 0.1) is 5.56 Å². The van der Waals surface area contributed by atoms with Crippen molar-refractivity contribution >= 4 is 0 Å². The number of alkyl halides is 3. The molecule has 0 bridgehead atoms. The van der Waals surface area contributed by atoms with Crippen molar-refractivity contribution in [1.82, 2.24) is 10.3 Å². The van der Waals surface area contributed by atoms with E-state index < -0.39 is 11.7 Å². The molecule has 1 aromatic heterocycles. The van der Waals surface area contributed by atoms with E-state index in [0.29, 0.717) is 0 Å². The molecule has 1 fully saturated rings. The number of hydrogen-bond acceptors (Lipinski definition) is 2. The lowest BCUT2D eigenvalue weighted by Gasteiger charge is -2.20. The minimum absolute atomic E-state index is 0.0307. The van der Waals surface area contributed by atoms with Gasteiger partial charge < -0.3 is 10.3 Å². The van der Waals surface area contributed by atoms with Gasteiger partial charge in [-0.1, -0.05) is 31.7 Å². The molecule has 6 heteroatoms. The maximum absolute atomic E-state index is 12.7. The molecule has 3 rings (SSSR count). The largest absolute Gasteiger partial charge is 0.416 e. The van der Waals surface area contributed by atoms with Crippen molar-refractivity contribution in [2.24, 2.45) is 5.92 Å². The number of rotatable bonds is 5. The summed E-state index contributed by atoms with van der Waals surface area (Å²) in [5.74, 6) is 0.157. The smallest absolute Gasteiger partial charge is 0.382 e. The Balaban J connectivity index is 1.67. The van der Waals surface area contributed by atoms with E-state index in [9.17, 15) is 18.0 Å². The Bertz CT molecular complexity index is 849. The summed E-state index contributed by atoms with van der Waals surface area (Å²) in [6.07, 6.45) is -1.82. The van der Waals surface area contributed by atoms with Crippen LogP contribution in [0, 0.1) is 5.92 Å². The van der Waals surface area contributed by atoms with Crippen LogP contribution in [0.5, 0.6) is 0 Å². The molecule has 138 valence electrons. The molecule has 2 aromatic rings. The van der Waals surface area contributed by atoms with Crippen molar-refractivity contribution < 1.29 is 13.2 Å². The number of aromatic nitrogens is 1. The van der Waals surface area contributed by atoms with Gasteiger partial charge in [0.1, 0.15) is 0 Å². The zero-order chi connectivity index (χ0) is 19.1. The van der Waals surface area contributed by atoms with E-state index in [1.165, 1.54) is 6.07 Å². The lowest BCUT2D eigenvalue weighted by Crippen LogP contribution is -2.21. The van der Waals surface area contributed by atoms with Gasteiger partial charge >= 0.3 is 6.18 Å². The highest BCUT2D eigenvalue weighted by molar-refractivity contribution is 5.39. The van der Waals surface area contributed by atoms with Crippen LogP contribution in [0.1, 0.15) is 43.0 Å². The second-order valence-electron chi connectivity index (χ2n) is 7.13. The summed E-state index contributed by atoms with van der Waals surface area (Å²) in [4.78, 5) is 13.8. The van der Waals surface area contributed by atoms with Crippen LogP contribution in [0.3, 0.4) is 0 Å². The third-order valence-corrected chi connectivity index (χ3v) is 5.24. The van der Waals surface area contributed by atoms with Gasteiger partial charge in [-0.25, -0.2) is 0 Å². The summed E-state index contributed by atoms with van der Waals surface area (Å²) in [5, 5.41) is 3.34. The molecule has 2 N–H and O–H groups in total. The molecule has 0 spiro atoms. The quantitative estimate of drug-likeness (QED) is 0.820. The molecular formula is C20H21F3N2O. The van der Waals surface area contributed by atoms with Crippen molar-refractivity contribution in [2.45, 2.75) is 37.9 Å². The van der Waals surface area contributed by atoms with E-state index in [1.54, 1.807) is 24.4 Å². The van der Waals surface area contributed by atoms with E-state index in [4.69, 9.17) is 0 Å². The molecule has 0 radical (unpaired) electrons. The Kier molecular flexibility index (Phi) is 4.46. The first-order chi connectivity index (χ1) is 12.1. The second kappa shape index (κ2) is 6.34. The summed E-state index contributed by atoms with van der Waals surface area (Å²) >= 11 is 0. The van der Waals surface area contributed by atoms with Crippen molar-refractivity contribution in [3.05, 3.63) is 81.9 Å². The standard InChI is InChI=1S/C20H21F3N2O/c1-12(14-4-9-18(26)24-11-14)25-13(2)17-10-19(17,3)15-5-7-16(8-6-15)20(21,22)23/h4-9,11-12,17,25H,2,10H2,1,3H3,(H,24,26)/t12-,17-,19-/m1/s1. The molecule has 1 aliphatic rings. The molecule has 3 atom stereocenters. The molecule has 1 aromatic carbocycles. The van der Waals surface area contributed by atoms with Gasteiger partial charge in [0.25, 0.3) is 0 Å². The van der Waals surface area contributed by atoms with Gasteiger partial charge in [-0.3, -0.25) is 4.79 Å². The molecule has 0 saturated heterocycles. The summed E-state index contributed by atoms with van der Waals surface area (Å²) in [5.41, 5.74) is 1.67. The first-order valence-corrected chi connectivity index (χ1v) is 8.43. The first kappa shape index (κ1) is 18.3. The zero-order valence-corrected chi connectivity index (χ0v) is 14.7. The number of nitrogens with one attached hydrogen (secondary N) is 2. The number of pyridine rings is 1. The SMILES string of the molecule is C=C(N[C@H](C)c1ccc(=O)[nH]c1)[C@H]1C[C@]1(C)c1ccc(C(F)(F)F)cc1. The predicted molar refractivity (Wildman–Crippen MR) is 94.7 cm³/mol. The van der Waals surface area contributed by atoms with Gasteiger partial charge in [-0.2, -0.15) is 13.2 Å². The average molecular weight is 362 g/mol. The van der Waals surface area contributed by atoms with Crippen LogP contribution in [0.2, 0.25) is 0 Å². The normalized spacial score (nSPS) is 23.3. The second-order valence-corrected chi connectivity index (χ2v) is 7.13. The number of allylic oxidation sites excluding steroid dienone is 1. The van der Waals surface area contributed by atoms with Crippen molar-refractivity contribution in [3.8, 4) is 0 Å². The van der Waals surface area contributed by atoms with Gasteiger partial charge in [-0.15, -0.1) is 0 Å². The molecule has 1 aliphatic carbocycles. The van der Waals surface area contributed by atoms with Crippen molar-refractivity contribution in [3.63, 3.8) is 0 Å². The molecule has 26 heavy (non-hydrogen) atoms. The molecular weight excluding hydrogens is 341 g/mol. The molecule has 0 aliphatic heterocycles. The monoisotopic (exact) mass is 362 g/mol. The van der Waals surface area contributed by atoms with Crippen molar-refractivity contribution in [2.75, 3.05) is 0 Å². The third-order valence-electron chi connectivity index (χ3n) is 5.24. The Morgan fingerprint density at radius 3 is 2.46 bits per heavy atom. The molecule has 0 unspecified atom stereocenters. The first-order valence-electron chi connectivity index (χ1n) is 8.43. The van der Waals surface area contributed by atoms with E-state index in [2.05, 4.69) is 16.9 Å². The fourth-order valence-electron chi connectivity index (χ4n) is 3.39. The summed E-state index contributed by atoms with van der Waals surface area (Å²) in [6, 6.07) is 8.58. The van der Waals surface area contributed by atoms with E-state index in [-0.39, 0.29) is 22.9 Å². The molecule has 3 nitrogen and oxygen atoms in total. The minimum Gasteiger partial charge on any atom is -0.382 e. The van der Waals surface area contributed by atoms with Crippen LogP contribution in [0.25, 0.3) is 0 Å². The fraction of sp³-hybridized carbons (Fsp3) is 0.350. The van der Waals surface area contributed by atoms with Gasteiger partial charge in [0, 0.05) is 35.3 Å². The van der Waals surface area contributed by atoms with Gasteiger partial charge in [0.2, 0.25) is 5.56 Å². The number of halogens is 3. The maximum atomic E-state index is 12.7. The van der Waals surface area contributed by atoms with Gasteiger partial charge in [-0.05, 0) is 36.6 Å². The average Bonchev–Trinajstić information content (AvgIpc) is 3.28. The summed E-state index contributed by atoms with van der Waals surface area (Å²) in [7, 11) is 0. The third kappa shape index (κ3) is 3.54. The highest BCUT2D eigenvalue weighted by Gasteiger charge is 2.52. The topological polar surface area (TPSA) is 44.9 Å². The lowest BCUT2D eigenvalue weighted by atomic mass is 9.93. The van der Waals surface area contributed by atoms with Crippen LogP contribution < -0.4 is 10.9 Å². The highest BCUT2D eigenvalue weighted by Crippen LogP contribution is 2.57. The Hall–Kier alpha value is -2.50. The maximum Gasteiger partial charge on any atom is 0.416 e. The minimum atomic E-state index is -4.32. The summed E-state index contributed by atoms with van der Waals surface area (Å²) in [6.45, 7) is 8.12. The summed E-state index contributed by atoms with van der Waals surface area (Å²) < 4.78 is 38.2. The van der Waals surface area contributed by atoms with E-state index in [0.717, 1.165) is 35.4 Å². The molecule has 0 amide bonds. The number of hydrogen-bond donors (Lipinski definition) is 2. The van der Waals surface area contributed by atoms with Crippen molar-refractivity contribution in [1.29, 1.82) is 0 Å². The molecule has 1 heterocycles. The number of benzene rings is 1. The Morgan fingerprint density at radius 1 is 1.27 bits per heavy atom. The predicted octanol–water partition coefficient (Wildman–Crippen LogP) is 4.54. The van der Waals surface area contributed by atoms with E-state index >= 15 is 0 Å². The van der Waals surface area contributed by atoms with Gasteiger partial charge in [0.15, 0.2) is 0 Å². The zero-order valence-electron chi connectivity index (χ0n) is 14.7. The van der Waals surface area contributed by atoms with Crippen LogP contribution in [0.15, 0.2) is 59.7 Å². The van der Waals surface area contributed by atoms with Crippen LogP contribution in [-0.4, -0.2) is 4.98 Å². The van der Waals surface area contributed by atoms with Crippen LogP contribution in [0.4, 0.5) is 13.2 Å². The fourth-order valence-corrected chi connectivity index (χ4v) is 3.39. The highest BCUT2D eigenvalue weighted by atomic mass is 19.4. The Labute approximate surface area is 150 Å².